The molecule has 1 atom stereocenters. The number of nitrogen functional groups attached to an aromatic ring is 1. The lowest BCUT2D eigenvalue weighted by Crippen LogP contribution is -2.31. The highest BCUT2D eigenvalue weighted by atomic mass is 35.5. The van der Waals surface area contributed by atoms with Crippen LogP contribution in [0.5, 0.6) is 5.75 Å². The fraction of sp³-hybridized carbons (Fsp3) is 0.333. The second-order valence-electron chi connectivity index (χ2n) is 5.93. The van der Waals surface area contributed by atoms with Crippen molar-refractivity contribution in [3.63, 3.8) is 0 Å². The van der Waals surface area contributed by atoms with Crippen LogP contribution in [0, 0.1) is 0 Å². The smallest absolute Gasteiger partial charge is 0.241 e. The van der Waals surface area contributed by atoms with Gasteiger partial charge in [0.05, 0.1) is 11.5 Å². The standard InChI is InChI=1S/C18H22N2O3S.ClH/c1-2-23-15-6-4-7-16(12-15)24(21,22)20-18-8-3-5-13-11-14(19)9-10-17(13)18;/h4,6-7,9-12,18,20H,2-3,5,8,19H2,1H3;1H. The number of nitrogens with two attached hydrogens (primary N) is 1. The minimum absolute atomic E-state index is 0. The second kappa shape index (κ2) is 8.08. The van der Waals surface area contributed by atoms with Gasteiger partial charge in [0.25, 0.3) is 0 Å². The Bertz CT molecular complexity index is 840. The third-order valence-electron chi connectivity index (χ3n) is 4.21. The molecule has 2 aromatic carbocycles. The van der Waals surface area contributed by atoms with Crippen LogP contribution in [0.15, 0.2) is 47.4 Å². The number of sulfonamides is 1. The van der Waals surface area contributed by atoms with Gasteiger partial charge < -0.3 is 10.5 Å². The molecule has 0 radical (unpaired) electrons. The van der Waals surface area contributed by atoms with Crippen LogP contribution in [0.1, 0.15) is 36.9 Å². The van der Waals surface area contributed by atoms with Crippen molar-refractivity contribution < 1.29 is 13.2 Å². The largest absolute Gasteiger partial charge is 0.494 e. The fourth-order valence-corrected chi connectivity index (χ4v) is 4.39. The van der Waals surface area contributed by atoms with Gasteiger partial charge in [0.15, 0.2) is 0 Å². The highest BCUT2D eigenvalue weighted by Crippen LogP contribution is 2.32. The Morgan fingerprint density at radius 3 is 2.80 bits per heavy atom. The molecule has 1 unspecified atom stereocenters. The second-order valence-corrected chi connectivity index (χ2v) is 7.65. The Hall–Kier alpha value is -1.76. The number of aryl methyl sites for hydroxylation is 1. The van der Waals surface area contributed by atoms with Crippen LogP contribution in [-0.4, -0.2) is 15.0 Å². The van der Waals surface area contributed by atoms with Crippen LogP contribution in [0.3, 0.4) is 0 Å². The summed E-state index contributed by atoms with van der Waals surface area (Å²) >= 11 is 0. The molecule has 0 saturated carbocycles. The topological polar surface area (TPSA) is 81.4 Å². The summed E-state index contributed by atoms with van der Waals surface area (Å²) in [5, 5.41) is 0. The molecule has 1 aliphatic rings. The highest BCUT2D eigenvalue weighted by molar-refractivity contribution is 7.89. The summed E-state index contributed by atoms with van der Waals surface area (Å²) in [6, 6.07) is 12.0. The Balaban J connectivity index is 0.00000225. The van der Waals surface area contributed by atoms with Crippen LogP contribution in [0.4, 0.5) is 5.69 Å². The van der Waals surface area contributed by atoms with Crippen LogP contribution in [-0.2, 0) is 16.4 Å². The average molecular weight is 383 g/mol. The third-order valence-corrected chi connectivity index (χ3v) is 5.67. The fourth-order valence-electron chi connectivity index (χ4n) is 3.11. The van der Waals surface area contributed by atoms with E-state index in [1.54, 1.807) is 24.3 Å². The van der Waals surface area contributed by atoms with Gasteiger partial charge in [-0.05, 0) is 61.6 Å². The molecule has 0 heterocycles. The molecular formula is C18H23ClN2O3S. The van der Waals surface area contributed by atoms with Crippen molar-refractivity contribution in [3.05, 3.63) is 53.6 Å². The van der Waals surface area contributed by atoms with Crippen molar-refractivity contribution in [2.24, 2.45) is 0 Å². The van der Waals surface area contributed by atoms with E-state index in [9.17, 15) is 8.42 Å². The highest BCUT2D eigenvalue weighted by Gasteiger charge is 2.26. The van der Waals surface area contributed by atoms with Gasteiger partial charge in [-0.2, -0.15) is 0 Å². The lowest BCUT2D eigenvalue weighted by molar-refractivity contribution is 0.339. The maximum Gasteiger partial charge on any atom is 0.241 e. The molecule has 3 rings (SSSR count). The van der Waals surface area contributed by atoms with Crippen LogP contribution in [0.2, 0.25) is 0 Å². The monoisotopic (exact) mass is 382 g/mol. The molecule has 0 aliphatic heterocycles. The number of ether oxygens (including phenoxy) is 1. The van der Waals surface area contributed by atoms with E-state index in [1.165, 1.54) is 0 Å². The minimum Gasteiger partial charge on any atom is -0.494 e. The van der Waals surface area contributed by atoms with E-state index in [1.807, 2.05) is 25.1 Å². The first-order valence-electron chi connectivity index (χ1n) is 8.13. The number of anilines is 1. The van der Waals surface area contributed by atoms with Crippen molar-refractivity contribution in [3.8, 4) is 5.75 Å². The molecule has 0 aromatic heterocycles. The van der Waals surface area contributed by atoms with Crippen LogP contribution in [0.25, 0.3) is 0 Å². The van der Waals surface area contributed by atoms with Gasteiger partial charge in [-0.15, -0.1) is 12.4 Å². The van der Waals surface area contributed by atoms with Gasteiger partial charge in [-0.1, -0.05) is 12.1 Å². The number of hydrogen-bond donors (Lipinski definition) is 2. The zero-order valence-corrected chi connectivity index (χ0v) is 15.7. The quantitative estimate of drug-likeness (QED) is 0.776. The predicted molar refractivity (Wildman–Crippen MR) is 102 cm³/mol. The summed E-state index contributed by atoms with van der Waals surface area (Å²) < 4.78 is 33.7. The molecule has 25 heavy (non-hydrogen) atoms. The SMILES string of the molecule is CCOc1cccc(S(=O)(=O)NC2CCCc3cc(N)ccc32)c1.Cl. The first kappa shape index (κ1) is 19.6. The molecular weight excluding hydrogens is 360 g/mol. The van der Waals surface area contributed by atoms with Crippen molar-refractivity contribution in [1.82, 2.24) is 4.72 Å². The predicted octanol–water partition coefficient (Wildman–Crippen LogP) is 3.45. The molecule has 2 aromatic rings. The molecule has 0 amide bonds. The number of benzene rings is 2. The summed E-state index contributed by atoms with van der Waals surface area (Å²) in [5.74, 6) is 0.553. The Morgan fingerprint density at radius 1 is 1.24 bits per heavy atom. The Morgan fingerprint density at radius 2 is 2.04 bits per heavy atom. The zero-order chi connectivity index (χ0) is 17.2. The lowest BCUT2D eigenvalue weighted by atomic mass is 9.88. The maximum absolute atomic E-state index is 12.7. The van der Waals surface area contributed by atoms with Gasteiger partial charge in [-0.25, -0.2) is 13.1 Å². The Labute approximate surface area is 155 Å². The van der Waals surface area contributed by atoms with E-state index in [0.717, 1.165) is 30.4 Å². The summed E-state index contributed by atoms with van der Waals surface area (Å²) in [6.45, 7) is 2.36. The van der Waals surface area contributed by atoms with Crippen LogP contribution < -0.4 is 15.2 Å². The Kier molecular flexibility index (Phi) is 6.32. The van der Waals surface area contributed by atoms with E-state index in [0.29, 0.717) is 18.0 Å². The zero-order valence-electron chi connectivity index (χ0n) is 14.1. The number of fused-ring (bicyclic) bond motifs is 1. The molecule has 0 bridgehead atoms. The summed E-state index contributed by atoms with van der Waals surface area (Å²) in [6.07, 6.45) is 2.64. The van der Waals surface area contributed by atoms with Crippen molar-refractivity contribution in [2.45, 2.75) is 37.1 Å². The van der Waals surface area contributed by atoms with Gasteiger partial charge in [-0.3, -0.25) is 0 Å². The van der Waals surface area contributed by atoms with Gasteiger partial charge in [0, 0.05) is 17.8 Å². The first-order valence-corrected chi connectivity index (χ1v) is 9.61. The van der Waals surface area contributed by atoms with Gasteiger partial charge in [0.2, 0.25) is 10.0 Å². The summed E-state index contributed by atoms with van der Waals surface area (Å²) in [4.78, 5) is 0.219. The van der Waals surface area contributed by atoms with E-state index in [2.05, 4.69) is 4.72 Å². The molecule has 0 saturated heterocycles. The molecule has 5 nitrogen and oxygen atoms in total. The maximum atomic E-state index is 12.7. The number of nitrogens with one attached hydrogen (secondary N) is 1. The van der Waals surface area contributed by atoms with Crippen molar-refractivity contribution >= 4 is 28.1 Å². The lowest BCUT2D eigenvalue weighted by Gasteiger charge is -2.26. The molecule has 3 N–H and O–H groups in total. The molecule has 0 fully saturated rings. The third kappa shape index (κ3) is 4.45. The van der Waals surface area contributed by atoms with Gasteiger partial charge >= 0.3 is 0 Å². The number of hydrogen-bond acceptors (Lipinski definition) is 4. The number of rotatable bonds is 5. The average Bonchev–Trinajstić information content (AvgIpc) is 2.55. The summed E-state index contributed by atoms with van der Waals surface area (Å²) in [5.41, 5.74) is 8.68. The van der Waals surface area contributed by atoms with E-state index < -0.39 is 10.0 Å². The van der Waals surface area contributed by atoms with E-state index in [4.69, 9.17) is 10.5 Å². The molecule has 7 heteroatoms. The summed E-state index contributed by atoms with van der Waals surface area (Å²) in [7, 11) is -3.61. The van der Waals surface area contributed by atoms with Gasteiger partial charge in [0.1, 0.15) is 5.75 Å². The van der Waals surface area contributed by atoms with Crippen molar-refractivity contribution in [1.29, 1.82) is 0 Å². The molecule has 1 aliphatic carbocycles. The minimum atomic E-state index is -3.61. The number of halogens is 1. The normalized spacial score (nSPS) is 16.6. The molecule has 136 valence electrons. The van der Waals surface area contributed by atoms with Crippen LogP contribution >= 0.6 is 12.4 Å². The van der Waals surface area contributed by atoms with E-state index >= 15 is 0 Å². The molecule has 0 spiro atoms. The van der Waals surface area contributed by atoms with E-state index in [-0.39, 0.29) is 23.3 Å². The van der Waals surface area contributed by atoms with Crippen molar-refractivity contribution in [2.75, 3.05) is 12.3 Å². The first-order chi connectivity index (χ1) is 11.5.